The fourth-order valence-electron chi connectivity index (χ4n) is 3.85. The van der Waals surface area contributed by atoms with Gasteiger partial charge in [-0.2, -0.15) is 0 Å². The van der Waals surface area contributed by atoms with Crippen molar-refractivity contribution >= 4 is 18.3 Å². The summed E-state index contributed by atoms with van der Waals surface area (Å²) in [7, 11) is 1.99. The Hall–Kier alpha value is -1.84. The minimum atomic E-state index is 0. The zero-order valence-electron chi connectivity index (χ0n) is 15.4. The third kappa shape index (κ3) is 5.33. The van der Waals surface area contributed by atoms with Crippen LogP contribution in [0.4, 0.5) is 0 Å². The van der Waals surface area contributed by atoms with Crippen LogP contribution in [-0.4, -0.2) is 37.5 Å². The first kappa shape index (κ1) is 20.5. The highest BCUT2D eigenvalue weighted by atomic mass is 35.5. The number of likely N-dealkylation sites (tertiary alicyclic amines) is 1. The van der Waals surface area contributed by atoms with Gasteiger partial charge >= 0.3 is 0 Å². The van der Waals surface area contributed by atoms with Gasteiger partial charge in [-0.25, -0.2) is 0 Å². The van der Waals surface area contributed by atoms with Gasteiger partial charge in [-0.1, -0.05) is 60.7 Å². The van der Waals surface area contributed by atoms with Gasteiger partial charge in [0.2, 0.25) is 5.91 Å². The van der Waals surface area contributed by atoms with Crippen molar-refractivity contribution in [1.29, 1.82) is 0 Å². The fourth-order valence-corrected chi connectivity index (χ4v) is 3.85. The van der Waals surface area contributed by atoms with E-state index in [4.69, 9.17) is 0 Å². The lowest BCUT2D eigenvalue weighted by molar-refractivity contribution is -0.133. The molecule has 1 unspecified atom stereocenters. The lowest BCUT2D eigenvalue weighted by Gasteiger charge is -2.34. The summed E-state index contributed by atoms with van der Waals surface area (Å²) in [5.41, 5.74) is 2.43. The number of nitrogens with one attached hydrogen (secondary N) is 1. The Balaban J connectivity index is 0.00000243. The monoisotopic (exact) mass is 372 g/mol. The van der Waals surface area contributed by atoms with Crippen LogP contribution in [0.3, 0.4) is 0 Å². The lowest BCUT2D eigenvalue weighted by atomic mass is 9.87. The second-order valence-corrected chi connectivity index (χ2v) is 6.98. The van der Waals surface area contributed by atoms with Crippen LogP contribution in [0.5, 0.6) is 0 Å². The molecule has 1 fully saturated rings. The number of benzene rings is 2. The standard InChI is InChI=1S/C22H28N2O.ClH/c1-23-16-18-9-8-14-24(17-18)22(25)15-21(19-10-4-2-5-11-19)20-12-6-3-7-13-20;/h2-7,10-13,18,21,23H,8-9,14-17H2,1H3;1H. The number of hydrogen-bond donors (Lipinski definition) is 1. The highest BCUT2D eigenvalue weighted by Crippen LogP contribution is 2.29. The molecule has 1 N–H and O–H groups in total. The van der Waals surface area contributed by atoms with E-state index in [1.807, 2.05) is 19.2 Å². The Kier molecular flexibility index (Phi) is 8.14. The molecular weight excluding hydrogens is 344 g/mol. The molecule has 1 saturated heterocycles. The third-order valence-corrected chi connectivity index (χ3v) is 5.15. The Labute approximate surface area is 163 Å². The average molecular weight is 373 g/mol. The smallest absolute Gasteiger partial charge is 0.223 e. The maximum absolute atomic E-state index is 13.0. The highest BCUT2D eigenvalue weighted by Gasteiger charge is 2.26. The van der Waals surface area contributed by atoms with Crippen LogP contribution in [0, 0.1) is 5.92 Å². The quantitative estimate of drug-likeness (QED) is 0.828. The van der Waals surface area contributed by atoms with Crippen LogP contribution in [-0.2, 0) is 4.79 Å². The van der Waals surface area contributed by atoms with E-state index in [1.165, 1.54) is 17.5 Å². The van der Waals surface area contributed by atoms with Crippen LogP contribution >= 0.6 is 12.4 Å². The molecule has 3 nitrogen and oxygen atoms in total. The number of nitrogens with zero attached hydrogens (tertiary/aromatic N) is 1. The number of rotatable bonds is 6. The van der Waals surface area contributed by atoms with E-state index < -0.39 is 0 Å². The molecular formula is C22H29ClN2O. The maximum atomic E-state index is 13.0. The first-order valence-electron chi connectivity index (χ1n) is 9.30. The van der Waals surface area contributed by atoms with Crippen LogP contribution in [0.1, 0.15) is 36.3 Å². The number of halogens is 1. The Morgan fingerprint density at radius 1 is 1.08 bits per heavy atom. The summed E-state index contributed by atoms with van der Waals surface area (Å²) in [6.45, 7) is 2.77. The molecule has 0 radical (unpaired) electrons. The van der Waals surface area contributed by atoms with Crippen molar-refractivity contribution in [2.75, 3.05) is 26.7 Å². The van der Waals surface area contributed by atoms with E-state index in [0.29, 0.717) is 12.3 Å². The zero-order chi connectivity index (χ0) is 17.5. The van der Waals surface area contributed by atoms with Crippen molar-refractivity contribution in [2.45, 2.75) is 25.2 Å². The normalized spacial score (nSPS) is 17.0. The van der Waals surface area contributed by atoms with Crippen molar-refractivity contribution in [3.8, 4) is 0 Å². The van der Waals surface area contributed by atoms with Gasteiger partial charge in [0.15, 0.2) is 0 Å². The minimum absolute atomic E-state index is 0. The number of piperidine rings is 1. The Morgan fingerprint density at radius 3 is 2.19 bits per heavy atom. The summed E-state index contributed by atoms with van der Waals surface area (Å²) in [5.74, 6) is 0.979. The van der Waals surface area contributed by atoms with Gasteiger partial charge in [-0.3, -0.25) is 4.79 Å². The topological polar surface area (TPSA) is 32.3 Å². The van der Waals surface area contributed by atoms with Gasteiger partial charge in [0.25, 0.3) is 0 Å². The van der Waals surface area contributed by atoms with Gasteiger partial charge in [0, 0.05) is 25.4 Å². The van der Waals surface area contributed by atoms with E-state index in [2.05, 4.69) is 58.7 Å². The second-order valence-electron chi connectivity index (χ2n) is 6.98. The van der Waals surface area contributed by atoms with Gasteiger partial charge in [-0.15, -0.1) is 12.4 Å². The van der Waals surface area contributed by atoms with Gasteiger partial charge in [-0.05, 0) is 43.5 Å². The van der Waals surface area contributed by atoms with Crippen LogP contribution in [0.25, 0.3) is 0 Å². The summed E-state index contributed by atoms with van der Waals surface area (Å²) < 4.78 is 0. The van der Waals surface area contributed by atoms with Gasteiger partial charge in [0.1, 0.15) is 0 Å². The number of hydrogen-bond acceptors (Lipinski definition) is 2. The molecule has 0 aliphatic carbocycles. The predicted octanol–water partition coefficient (Wildman–Crippen LogP) is 4.09. The molecule has 1 aliphatic heterocycles. The summed E-state index contributed by atoms with van der Waals surface area (Å²) in [6, 6.07) is 20.8. The van der Waals surface area contributed by atoms with Crippen molar-refractivity contribution in [1.82, 2.24) is 10.2 Å². The number of carbonyl (C=O) groups excluding carboxylic acids is 1. The van der Waals surface area contributed by atoms with Crippen LogP contribution in [0.2, 0.25) is 0 Å². The molecule has 2 aromatic rings. The highest BCUT2D eigenvalue weighted by molar-refractivity contribution is 5.85. The van der Waals surface area contributed by atoms with Crippen LogP contribution < -0.4 is 5.32 Å². The fraction of sp³-hybridized carbons (Fsp3) is 0.409. The Morgan fingerprint density at radius 2 is 1.65 bits per heavy atom. The van der Waals surface area contributed by atoms with E-state index in [-0.39, 0.29) is 24.2 Å². The molecule has 0 aromatic heterocycles. The SMILES string of the molecule is CNCC1CCCN(C(=O)CC(c2ccccc2)c2ccccc2)C1.Cl. The largest absolute Gasteiger partial charge is 0.342 e. The molecule has 140 valence electrons. The summed E-state index contributed by atoms with van der Waals surface area (Å²) in [6.07, 6.45) is 2.87. The molecule has 1 atom stereocenters. The van der Waals surface area contributed by atoms with Crippen LogP contribution in [0.15, 0.2) is 60.7 Å². The Bertz CT molecular complexity index is 621. The summed E-state index contributed by atoms with van der Waals surface area (Å²) >= 11 is 0. The van der Waals surface area contributed by atoms with E-state index in [9.17, 15) is 4.79 Å². The summed E-state index contributed by atoms with van der Waals surface area (Å²) in [5, 5.41) is 3.25. The van der Waals surface area contributed by atoms with E-state index in [1.54, 1.807) is 0 Å². The first-order chi connectivity index (χ1) is 12.3. The molecule has 0 bridgehead atoms. The first-order valence-corrected chi connectivity index (χ1v) is 9.30. The van der Waals surface area contributed by atoms with Gasteiger partial charge < -0.3 is 10.2 Å². The molecule has 2 aromatic carbocycles. The molecule has 3 rings (SSSR count). The third-order valence-electron chi connectivity index (χ3n) is 5.15. The lowest BCUT2D eigenvalue weighted by Crippen LogP contribution is -2.42. The maximum Gasteiger partial charge on any atom is 0.223 e. The van der Waals surface area contributed by atoms with E-state index in [0.717, 1.165) is 26.1 Å². The van der Waals surface area contributed by atoms with Crippen molar-refractivity contribution in [3.63, 3.8) is 0 Å². The number of carbonyl (C=O) groups is 1. The second kappa shape index (κ2) is 10.3. The molecule has 0 saturated carbocycles. The molecule has 0 spiro atoms. The zero-order valence-corrected chi connectivity index (χ0v) is 16.3. The molecule has 1 heterocycles. The molecule has 4 heteroatoms. The molecule has 1 aliphatic rings. The average Bonchev–Trinajstić information content (AvgIpc) is 2.68. The predicted molar refractivity (Wildman–Crippen MR) is 110 cm³/mol. The van der Waals surface area contributed by atoms with E-state index >= 15 is 0 Å². The van der Waals surface area contributed by atoms with Crippen molar-refractivity contribution in [2.24, 2.45) is 5.92 Å². The number of amides is 1. The molecule has 26 heavy (non-hydrogen) atoms. The van der Waals surface area contributed by atoms with Crippen molar-refractivity contribution in [3.05, 3.63) is 71.8 Å². The van der Waals surface area contributed by atoms with Crippen molar-refractivity contribution < 1.29 is 4.79 Å². The minimum Gasteiger partial charge on any atom is -0.342 e. The summed E-state index contributed by atoms with van der Waals surface area (Å²) in [4.78, 5) is 15.1. The molecule has 1 amide bonds. The van der Waals surface area contributed by atoms with Gasteiger partial charge in [0.05, 0.1) is 0 Å².